The standard InChI is InChI=1S/C19H20N6O3S/c1-10-4-5-13(26)11(2)16(10)22-17(27)14-9-20-19(29-14)21-15-8-12-18(28)24(3)6-7-25(12)23-15/h4-5,8-9,26H,6-7H2,1-3H3,(H,22,27)(H,20,21,23). The van der Waals surface area contributed by atoms with Gasteiger partial charge in [0.2, 0.25) is 0 Å². The Kier molecular flexibility index (Phi) is 4.71. The van der Waals surface area contributed by atoms with Gasteiger partial charge >= 0.3 is 0 Å². The van der Waals surface area contributed by atoms with Gasteiger partial charge in [0.05, 0.1) is 18.4 Å². The van der Waals surface area contributed by atoms with Crippen molar-refractivity contribution < 1.29 is 14.7 Å². The van der Waals surface area contributed by atoms with E-state index in [2.05, 4.69) is 20.7 Å². The third-order valence-corrected chi connectivity index (χ3v) is 5.75. The lowest BCUT2D eigenvalue weighted by molar-refractivity contribution is 0.0742. The van der Waals surface area contributed by atoms with Crippen LogP contribution in [0.15, 0.2) is 24.4 Å². The van der Waals surface area contributed by atoms with Crippen molar-refractivity contribution in [3.05, 3.63) is 46.1 Å². The Bertz CT molecular complexity index is 1120. The van der Waals surface area contributed by atoms with E-state index in [1.807, 2.05) is 6.92 Å². The third kappa shape index (κ3) is 3.54. The van der Waals surface area contributed by atoms with E-state index in [1.54, 1.807) is 41.8 Å². The number of aryl methyl sites for hydroxylation is 1. The Morgan fingerprint density at radius 1 is 1.28 bits per heavy atom. The number of carbonyl (C=O) groups is 2. The number of fused-ring (bicyclic) bond motifs is 1. The van der Waals surface area contributed by atoms with E-state index in [4.69, 9.17) is 0 Å². The minimum Gasteiger partial charge on any atom is -0.508 e. The number of hydrogen-bond acceptors (Lipinski definition) is 7. The average Bonchev–Trinajstić information content (AvgIpc) is 3.32. The van der Waals surface area contributed by atoms with Crippen LogP contribution in [0.3, 0.4) is 0 Å². The molecule has 1 aromatic carbocycles. The van der Waals surface area contributed by atoms with E-state index in [1.165, 1.54) is 17.5 Å². The molecule has 2 aromatic heterocycles. The Balaban J connectivity index is 1.49. The van der Waals surface area contributed by atoms with Crippen molar-refractivity contribution in [2.24, 2.45) is 0 Å². The summed E-state index contributed by atoms with van der Waals surface area (Å²) in [5.41, 5.74) is 2.57. The van der Waals surface area contributed by atoms with Crippen LogP contribution in [0.25, 0.3) is 0 Å². The molecule has 3 aromatic rings. The maximum atomic E-state index is 12.6. The van der Waals surface area contributed by atoms with Gasteiger partial charge in [0.1, 0.15) is 16.3 Å². The number of carbonyl (C=O) groups excluding carboxylic acids is 2. The first kappa shape index (κ1) is 18.9. The van der Waals surface area contributed by atoms with Crippen molar-refractivity contribution in [1.82, 2.24) is 19.7 Å². The largest absolute Gasteiger partial charge is 0.508 e. The molecule has 0 fully saturated rings. The number of thiazole rings is 1. The number of hydrogen-bond donors (Lipinski definition) is 3. The molecule has 0 aliphatic carbocycles. The van der Waals surface area contributed by atoms with E-state index in [0.29, 0.717) is 45.9 Å². The van der Waals surface area contributed by atoms with Gasteiger partial charge in [-0.1, -0.05) is 17.4 Å². The summed E-state index contributed by atoms with van der Waals surface area (Å²) in [7, 11) is 1.76. The van der Waals surface area contributed by atoms with Gasteiger partial charge in [-0.15, -0.1) is 0 Å². The van der Waals surface area contributed by atoms with E-state index in [-0.39, 0.29) is 17.6 Å². The number of benzene rings is 1. The molecule has 0 unspecified atom stereocenters. The zero-order chi connectivity index (χ0) is 20.7. The molecule has 1 aliphatic rings. The lowest BCUT2D eigenvalue weighted by atomic mass is 10.1. The quantitative estimate of drug-likeness (QED) is 0.607. The fraction of sp³-hybridized carbons (Fsp3) is 0.263. The molecule has 10 heteroatoms. The Morgan fingerprint density at radius 2 is 2.07 bits per heavy atom. The van der Waals surface area contributed by atoms with Crippen LogP contribution in [0.2, 0.25) is 0 Å². The highest BCUT2D eigenvalue weighted by Gasteiger charge is 2.24. The molecule has 1 aliphatic heterocycles. The van der Waals surface area contributed by atoms with Gasteiger partial charge in [0.15, 0.2) is 10.9 Å². The topological polar surface area (TPSA) is 112 Å². The van der Waals surface area contributed by atoms with Crippen LogP contribution in [0.5, 0.6) is 5.75 Å². The lowest BCUT2D eigenvalue weighted by Gasteiger charge is -2.22. The molecule has 4 rings (SSSR count). The first-order valence-corrected chi connectivity index (χ1v) is 9.82. The molecule has 150 valence electrons. The number of aromatic hydroxyl groups is 1. The van der Waals surface area contributed by atoms with Crippen molar-refractivity contribution in [3.8, 4) is 5.75 Å². The molecule has 9 nitrogen and oxygen atoms in total. The first-order chi connectivity index (χ1) is 13.8. The molecular formula is C19H20N6O3S. The van der Waals surface area contributed by atoms with Gasteiger partial charge in [0, 0.05) is 25.2 Å². The van der Waals surface area contributed by atoms with Crippen molar-refractivity contribution in [1.29, 1.82) is 0 Å². The zero-order valence-corrected chi connectivity index (χ0v) is 17.0. The second kappa shape index (κ2) is 7.21. The van der Waals surface area contributed by atoms with Crippen LogP contribution < -0.4 is 10.6 Å². The Hall–Kier alpha value is -3.40. The first-order valence-electron chi connectivity index (χ1n) is 9.00. The number of rotatable bonds is 4. The van der Waals surface area contributed by atoms with Gasteiger partial charge < -0.3 is 20.6 Å². The molecule has 0 saturated carbocycles. The number of anilines is 3. The van der Waals surface area contributed by atoms with Crippen LogP contribution in [-0.4, -0.2) is 50.2 Å². The number of likely N-dealkylation sites (N-methyl/N-ethyl adjacent to an activating group) is 1. The fourth-order valence-corrected chi connectivity index (χ4v) is 3.83. The maximum absolute atomic E-state index is 12.6. The molecule has 0 atom stereocenters. The van der Waals surface area contributed by atoms with E-state index < -0.39 is 0 Å². The lowest BCUT2D eigenvalue weighted by Crippen LogP contribution is -2.37. The average molecular weight is 412 g/mol. The molecule has 0 radical (unpaired) electrons. The second-order valence-electron chi connectivity index (χ2n) is 6.88. The van der Waals surface area contributed by atoms with Crippen molar-refractivity contribution in [2.45, 2.75) is 20.4 Å². The normalized spacial score (nSPS) is 13.3. The van der Waals surface area contributed by atoms with Crippen LogP contribution in [0.4, 0.5) is 16.6 Å². The molecule has 0 spiro atoms. The summed E-state index contributed by atoms with van der Waals surface area (Å²) in [5, 5.41) is 20.6. The predicted molar refractivity (Wildman–Crippen MR) is 110 cm³/mol. The van der Waals surface area contributed by atoms with Crippen molar-refractivity contribution in [3.63, 3.8) is 0 Å². The Labute approximate surface area is 171 Å². The monoisotopic (exact) mass is 412 g/mol. The van der Waals surface area contributed by atoms with Crippen LogP contribution in [0, 0.1) is 13.8 Å². The number of aromatic nitrogens is 3. The summed E-state index contributed by atoms with van der Waals surface area (Å²) in [5.74, 6) is 0.243. The molecule has 3 N–H and O–H groups in total. The van der Waals surface area contributed by atoms with E-state index in [0.717, 1.165) is 5.56 Å². The van der Waals surface area contributed by atoms with Gasteiger partial charge in [-0.05, 0) is 25.5 Å². The second-order valence-corrected chi connectivity index (χ2v) is 7.91. The summed E-state index contributed by atoms with van der Waals surface area (Å²) in [6, 6.07) is 5.03. The number of phenols is 1. The summed E-state index contributed by atoms with van der Waals surface area (Å²) < 4.78 is 1.67. The highest BCUT2D eigenvalue weighted by atomic mass is 32.1. The van der Waals surface area contributed by atoms with Crippen LogP contribution in [0.1, 0.15) is 31.3 Å². The van der Waals surface area contributed by atoms with Crippen molar-refractivity contribution >= 4 is 39.8 Å². The summed E-state index contributed by atoms with van der Waals surface area (Å²) in [4.78, 5) is 31.1. The number of amides is 2. The molecule has 2 amide bonds. The third-order valence-electron chi connectivity index (χ3n) is 4.84. The minimum absolute atomic E-state index is 0.0761. The van der Waals surface area contributed by atoms with E-state index in [9.17, 15) is 14.7 Å². The van der Waals surface area contributed by atoms with Gasteiger partial charge in [-0.25, -0.2) is 4.98 Å². The smallest absolute Gasteiger partial charge is 0.272 e. The highest BCUT2D eigenvalue weighted by molar-refractivity contribution is 7.17. The summed E-state index contributed by atoms with van der Waals surface area (Å²) in [6.45, 7) is 4.85. The van der Waals surface area contributed by atoms with Crippen molar-refractivity contribution in [2.75, 3.05) is 24.2 Å². The highest BCUT2D eigenvalue weighted by Crippen LogP contribution is 2.29. The minimum atomic E-state index is -0.312. The Morgan fingerprint density at radius 3 is 2.86 bits per heavy atom. The number of nitrogens with zero attached hydrogens (tertiary/aromatic N) is 4. The summed E-state index contributed by atoms with van der Waals surface area (Å²) in [6.07, 6.45) is 1.48. The molecule has 0 saturated heterocycles. The van der Waals surface area contributed by atoms with Crippen LogP contribution in [-0.2, 0) is 6.54 Å². The van der Waals surface area contributed by atoms with Gasteiger partial charge in [-0.3, -0.25) is 14.3 Å². The molecular weight excluding hydrogens is 392 g/mol. The summed E-state index contributed by atoms with van der Waals surface area (Å²) >= 11 is 1.18. The molecule has 3 heterocycles. The number of phenolic OH excluding ortho intramolecular Hbond substituents is 1. The van der Waals surface area contributed by atoms with E-state index >= 15 is 0 Å². The van der Waals surface area contributed by atoms with Crippen LogP contribution >= 0.6 is 11.3 Å². The molecule has 0 bridgehead atoms. The van der Waals surface area contributed by atoms with Gasteiger partial charge in [0.25, 0.3) is 11.8 Å². The SMILES string of the molecule is Cc1ccc(O)c(C)c1NC(=O)c1cnc(Nc2cc3n(n2)CCN(C)C3=O)s1. The maximum Gasteiger partial charge on any atom is 0.272 e. The predicted octanol–water partition coefficient (Wildman–Crippen LogP) is 2.74. The zero-order valence-electron chi connectivity index (χ0n) is 16.2. The number of nitrogens with one attached hydrogen (secondary N) is 2. The van der Waals surface area contributed by atoms with Gasteiger partial charge in [-0.2, -0.15) is 5.10 Å². The molecule has 29 heavy (non-hydrogen) atoms. The fourth-order valence-electron chi connectivity index (χ4n) is 3.11.